The fourth-order valence-electron chi connectivity index (χ4n) is 1.14. The van der Waals surface area contributed by atoms with E-state index in [4.69, 9.17) is 5.84 Å². The third-order valence-electron chi connectivity index (χ3n) is 2.30. The molecule has 1 aromatic heterocycles. The van der Waals surface area contributed by atoms with E-state index in [0.29, 0.717) is 11.7 Å². The van der Waals surface area contributed by atoms with Crippen LogP contribution in [0.15, 0.2) is 5.16 Å². The first kappa shape index (κ1) is 13.0. The number of nitrogens with two attached hydrogens (primary N) is 1. The molecule has 90 valence electrons. The molecule has 0 aliphatic heterocycles. The maximum absolute atomic E-state index is 11.0. The molecule has 1 rings (SSSR count). The summed E-state index contributed by atoms with van der Waals surface area (Å²) in [5, 5.41) is 9.21. The fraction of sp³-hybridized carbons (Fsp3) is 0.667. The summed E-state index contributed by atoms with van der Waals surface area (Å²) < 4.78 is 1.93. The van der Waals surface area contributed by atoms with Crippen LogP contribution in [0.4, 0.5) is 0 Å². The van der Waals surface area contributed by atoms with Gasteiger partial charge in [0.2, 0.25) is 5.91 Å². The van der Waals surface area contributed by atoms with E-state index in [2.05, 4.69) is 22.5 Å². The molecule has 0 aliphatic carbocycles. The van der Waals surface area contributed by atoms with Crippen molar-refractivity contribution >= 4 is 17.7 Å². The Balaban J connectivity index is 2.42. The maximum Gasteiger partial charge on any atom is 0.233 e. The van der Waals surface area contributed by atoms with E-state index < -0.39 is 0 Å². The van der Waals surface area contributed by atoms with Crippen molar-refractivity contribution in [3.63, 3.8) is 0 Å². The molecule has 1 heterocycles. The first-order valence-corrected chi connectivity index (χ1v) is 5.94. The van der Waals surface area contributed by atoms with E-state index in [1.807, 2.05) is 18.5 Å². The van der Waals surface area contributed by atoms with Crippen LogP contribution in [0.1, 0.15) is 25.6 Å². The number of thioether (sulfide) groups is 1. The van der Waals surface area contributed by atoms with E-state index in [9.17, 15) is 4.79 Å². The zero-order chi connectivity index (χ0) is 12.1. The molecule has 1 amide bonds. The highest BCUT2D eigenvalue weighted by Crippen LogP contribution is 2.23. The molecule has 6 nitrogen and oxygen atoms in total. The van der Waals surface area contributed by atoms with Gasteiger partial charge in [-0.05, 0) is 13.3 Å². The lowest BCUT2D eigenvalue weighted by Gasteiger charge is -2.09. The smallest absolute Gasteiger partial charge is 0.233 e. The van der Waals surface area contributed by atoms with E-state index in [0.717, 1.165) is 17.4 Å². The summed E-state index contributed by atoms with van der Waals surface area (Å²) in [6, 6.07) is 0. The Morgan fingerprint density at radius 3 is 2.81 bits per heavy atom. The van der Waals surface area contributed by atoms with Crippen molar-refractivity contribution in [3.05, 3.63) is 5.82 Å². The summed E-state index contributed by atoms with van der Waals surface area (Å²) in [5.74, 6) is 5.75. The Morgan fingerprint density at radius 1 is 1.62 bits per heavy atom. The van der Waals surface area contributed by atoms with Crippen molar-refractivity contribution in [2.45, 2.75) is 37.1 Å². The van der Waals surface area contributed by atoms with Crippen molar-refractivity contribution in [2.75, 3.05) is 0 Å². The van der Waals surface area contributed by atoms with Gasteiger partial charge in [0, 0.05) is 18.7 Å². The van der Waals surface area contributed by atoms with Crippen LogP contribution in [0.2, 0.25) is 0 Å². The molecule has 0 aliphatic rings. The molecule has 3 N–H and O–H groups in total. The first-order chi connectivity index (χ1) is 7.54. The molecule has 0 spiro atoms. The number of rotatable bonds is 5. The number of nitrogens with zero attached hydrogens (tertiary/aromatic N) is 3. The highest BCUT2D eigenvalue weighted by Gasteiger charge is 2.12. The van der Waals surface area contributed by atoms with Gasteiger partial charge < -0.3 is 4.57 Å². The summed E-state index contributed by atoms with van der Waals surface area (Å²) in [5.41, 5.74) is 2.12. The highest BCUT2D eigenvalue weighted by molar-refractivity contribution is 7.99. The number of aromatic nitrogens is 3. The first-order valence-electron chi connectivity index (χ1n) is 5.06. The topological polar surface area (TPSA) is 85.8 Å². The lowest BCUT2D eigenvalue weighted by Crippen LogP contribution is -2.30. The van der Waals surface area contributed by atoms with Crippen molar-refractivity contribution in [2.24, 2.45) is 12.9 Å². The molecular weight excluding hydrogens is 226 g/mol. The minimum atomic E-state index is -0.137. The number of nitrogens with one attached hydrogen (secondary N) is 1. The van der Waals surface area contributed by atoms with Gasteiger partial charge in [0.25, 0.3) is 0 Å². The summed E-state index contributed by atoms with van der Waals surface area (Å²) in [4.78, 5) is 11.0. The summed E-state index contributed by atoms with van der Waals surface area (Å²) in [7, 11) is 1.93. The number of hydrogen-bond donors (Lipinski definition) is 2. The van der Waals surface area contributed by atoms with Crippen LogP contribution >= 0.6 is 11.8 Å². The predicted molar refractivity (Wildman–Crippen MR) is 62.6 cm³/mol. The Bertz CT molecular complexity index is 365. The largest absolute Gasteiger partial charge is 0.309 e. The van der Waals surface area contributed by atoms with Crippen molar-refractivity contribution in [1.82, 2.24) is 20.2 Å². The van der Waals surface area contributed by atoms with Gasteiger partial charge in [-0.1, -0.05) is 18.7 Å². The quantitative estimate of drug-likeness (QED) is 0.338. The SMILES string of the molecule is Cc1nnc(SC(C)CCC(=O)NN)n1C. The number of hydrogen-bond acceptors (Lipinski definition) is 5. The van der Waals surface area contributed by atoms with Crippen LogP contribution in [-0.2, 0) is 11.8 Å². The molecule has 0 bridgehead atoms. The second kappa shape index (κ2) is 5.86. The van der Waals surface area contributed by atoms with Crippen molar-refractivity contribution in [1.29, 1.82) is 0 Å². The van der Waals surface area contributed by atoms with Gasteiger partial charge in [-0.3, -0.25) is 10.2 Å². The molecule has 7 heteroatoms. The van der Waals surface area contributed by atoms with Crippen molar-refractivity contribution < 1.29 is 4.79 Å². The second-order valence-electron chi connectivity index (χ2n) is 3.62. The zero-order valence-electron chi connectivity index (χ0n) is 9.73. The minimum absolute atomic E-state index is 0.137. The predicted octanol–water partition coefficient (Wildman–Crippen LogP) is 0.374. The average Bonchev–Trinajstić information content (AvgIpc) is 2.57. The molecule has 0 radical (unpaired) electrons. The second-order valence-corrected chi connectivity index (χ2v) is 5.03. The molecular formula is C9H17N5OS. The van der Waals surface area contributed by atoms with E-state index in [1.54, 1.807) is 11.8 Å². The normalized spacial score (nSPS) is 12.5. The standard InChI is InChI=1S/C9H17N5OS/c1-6(4-5-8(15)11-10)16-9-13-12-7(2)14(9)3/h6H,4-5,10H2,1-3H3,(H,11,15). The monoisotopic (exact) mass is 243 g/mol. The van der Waals surface area contributed by atoms with Gasteiger partial charge in [-0.15, -0.1) is 10.2 Å². The third kappa shape index (κ3) is 3.49. The molecule has 0 aromatic carbocycles. The molecule has 0 fully saturated rings. The molecule has 1 atom stereocenters. The lowest BCUT2D eigenvalue weighted by molar-refractivity contribution is -0.121. The van der Waals surface area contributed by atoms with Crippen LogP contribution in [0, 0.1) is 6.92 Å². The fourth-order valence-corrected chi connectivity index (χ4v) is 2.11. The van der Waals surface area contributed by atoms with Gasteiger partial charge >= 0.3 is 0 Å². The van der Waals surface area contributed by atoms with Gasteiger partial charge in [0.1, 0.15) is 5.82 Å². The average molecular weight is 243 g/mol. The molecule has 0 saturated carbocycles. The number of carbonyl (C=O) groups excluding carboxylic acids is 1. The Hall–Kier alpha value is -1.08. The minimum Gasteiger partial charge on any atom is -0.309 e. The Morgan fingerprint density at radius 2 is 2.31 bits per heavy atom. The molecule has 1 unspecified atom stereocenters. The summed E-state index contributed by atoms with van der Waals surface area (Å²) >= 11 is 1.61. The van der Waals surface area contributed by atoms with Crippen LogP contribution in [0.3, 0.4) is 0 Å². The maximum atomic E-state index is 11.0. The van der Waals surface area contributed by atoms with Crippen molar-refractivity contribution in [3.8, 4) is 0 Å². The van der Waals surface area contributed by atoms with Crippen LogP contribution in [0.5, 0.6) is 0 Å². The molecule has 16 heavy (non-hydrogen) atoms. The third-order valence-corrected chi connectivity index (χ3v) is 3.50. The summed E-state index contributed by atoms with van der Waals surface area (Å²) in [6.07, 6.45) is 1.20. The Kier molecular flexibility index (Phi) is 4.75. The van der Waals surface area contributed by atoms with E-state index in [-0.39, 0.29) is 5.91 Å². The van der Waals surface area contributed by atoms with E-state index >= 15 is 0 Å². The van der Waals surface area contributed by atoms with Crippen LogP contribution in [0.25, 0.3) is 0 Å². The Labute approximate surface area is 99.0 Å². The van der Waals surface area contributed by atoms with Gasteiger partial charge in [0.15, 0.2) is 5.16 Å². The molecule has 1 aromatic rings. The van der Waals surface area contributed by atoms with Crippen LogP contribution < -0.4 is 11.3 Å². The number of hydrazine groups is 1. The van der Waals surface area contributed by atoms with Crippen LogP contribution in [-0.4, -0.2) is 25.9 Å². The lowest BCUT2D eigenvalue weighted by atomic mass is 10.2. The highest BCUT2D eigenvalue weighted by atomic mass is 32.2. The molecule has 0 saturated heterocycles. The van der Waals surface area contributed by atoms with Gasteiger partial charge in [-0.2, -0.15) is 0 Å². The van der Waals surface area contributed by atoms with Gasteiger partial charge in [0.05, 0.1) is 0 Å². The van der Waals surface area contributed by atoms with Gasteiger partial charge in [-0.25, -0.2) is 5.84 Å². The van der Waals surface area contributed by atoms with E-state index in [1.165, 1.54) is 0 Å². The zero-order valence-corrected chi connectivity index (χ0v) is 10.5. The summed E-state index contributed by atoms with van der Waals surface area (Å²) in [6.45, 7) is 3.96. The number of aryl methyl sites for hydroxylation is 1. The number of carbonyl (C=O) groups is 1. The number of amides is 1.